The average molecular weight is 241 g/mol. The summed E-state index contributed by atoms with van der Waals surface area (Å²) in [5.41, 5.74) is 7.79. The van der Waals surface area contributed by atoms with Crippen molar-refractivity contribution >= 4 is 5.91 Å². The fraction of sp³-hybridized carbons (Fsp3) is 0.133. The van der Waals surface area contributed by atoms with Gasteiger partial charge in [0.1, 0.15) is 12.4 Å². The van der Waals surface area contributed by atoms with Crippen LogP contribution in [-0.4, -0.2) is 5.91 Å². The number of rotatable bonds is 4. The fourth-order valence-electron chi connectivity index (χ4n) is 1.68. The highest BCUT2D eigenvalue weighted by Gasteiger charge is 2.07. The Labute approximate surface area is 106 Å². The Hall–Kier alpha value is -2.29. The number of hydrogen-bond donors (Lipinski definition) is 1. The molecule has 0 saturated heterocycles. The number of hydrogen-bond acceptors (Lipinski definition) is 2. The molecule has 0 aromatic heterocycles. The molecule has 2 N–H and O–H groups in total. The molecule has 0 bridgehead atoms. The minimum Gasteiger partial charge on any atom is -0.489 e. The van der Waals surface area contributed by atoms with E-state index in [1.54, 1.807) is 12.1 Å². The summed E-state index contributed by atoms with van der Waals surface area (Å²) in [5.74, 6) is 0.345. The Balaban J connectivity index is 2.10. The van der Waals surface area contributed by atoms with Gasteiger partial charge in [0, 0.05) is 11.1 Å². The van der Waals surface area contributed by atoms with Crippen molar-refractivity contribution in [2.75, 3.05) is 0 Å². The first-order valence-corrected chi connectivity index (χ1v) is 5.74. The van der Waals surface area contributed by atoms with Gasteiger partial charge in [-0.25, -0.2) is 0 Å². The Kier molecular flexibility index (Phi) is 3.63. The Morgan fingerprint density at radius 2 is 1.78 bits per heavy atom. The van der Waals surface area contributed by atoms with Crippen LogP contribution in [0.25, 0.3) is 0 Å². The molecule has 18 heavy (non-hydrogen) atoms. The van der Waals surface area contributed by atoms with Crippen molar-refractivity contribution in [3.8, 4) is 5.75 Å². The maximum Gasteiger partial charge on any atom is 0.249 e. The quantitative estimate of drug-likeness (QED) is 0.894. The number of aryl methyl sites for hydroxylation is 1. The number of nitrogens with two attached hydrogens (primary N) is 1. The lowest BCUT2D eigenvalue weighted by molar-refractivity contribution is 0.0998. The number of carbonyl (C=O) groups excluding carboxylic acids is 1. The monoisotopic (exact) mass is 241 g/mol. The van der Waals surface area contributed by atoms with Gasteiger partial charge < -0.3 is 10.5 Å². The van der Waals surface area contributed by atoms with E-state index in [2.05, 4.69) is 0 Å². The van der Waals surface area contributed by atoms with E-state index in [1.807, 2.05) is 43.3 Å². The van der Waals surface area contributed by atoms with Gasteiger partial charge in [0.2, 0.25) is 5.91 Å². The molecule has 0 fully saturated rings. The lowest BCUT2D eigenvalue weighted by Gasteiger charge is -2.09. The molecule has 0 spiro atoms. The molecular weight excluding hydrogens is 226 g/mol. The molecular formula is C15H15NO2. The van der Waals surface area contributed by atoms with Crippen LogP contribution in [-0.2, 0) is 6.61 Å². The van der Waals surface area contributed by atoms with E-state index in [9.17, 15) is 4.79 Å². The zero-order valence-corrected chi connectivity index (χ0v) is 10.2. The predicted molar refractivity (Wildman–Crippen MR) is 70.5 cm³/mol. The first-order chi connectivity index (χ1) is 8.66. The van der Waals surface area contributed by atoms with Gasteiger partial charge in [-0.3, -0.25) is 4.79 Å². The Bertz CT molecular complexity index is 547. The summed E-state index contributed by atoms with van der Waals surface area (Å²) < 4.78 is 5.63. The van der Waals surface area contributed by atoms with E-state index in [-0.39, 0.29) is 0 Å². The maximum atomic E-state index is 11.2. The van der Waals surface area contributed by atoms with Crippen molar-refractivity contribution in [3.63, 3.8) is 0 Å². The molecule has 0 aliphatic heterocycles. The van der Waals surface area contributed by atoms with Gasteiger partial charge in [-0.15, -0.1) is 0 Å². The number of primary amides is 1. The third-order valence-corrected chi connectivity index (χ3v) is 2.70. The van der Waals surface area contributed by atoms with Crippen LogP contribution in [0.2, 0.25) is 0 Å². The van der Waals surface area contributed by atoms with Crippen molar-refractivity contribution in [2.45, 2.75) is 13.5 Å². The minimum atomic E-state index is -0.432. The standard InChI is InChI=1S/C15H15NO2/c1-11-6-8-13(9-7-11)18-10-12-4-2-3-5-14(12)15(16)17/h2-9H,10H2,1H3,(H2,16,17). The SMILES string of the molecule is Cc1ccc(OCc2ccccc2C(N)=O)cc1. The highest BCUT2D eigenvalue weighted by molar-refractivity contribution is 5.94. The molecule has 2 rings (SSSR count). The molecule has 0 saturated carbocycles. The molecule has 0 aliphatic rings. The molecule has 1 amide bonds. The van der Waals surface area contributed by atoms with E-state index >= 15 is 0 Å². The van der Waals surface area contributed by atoms with E-state index < -0.39 is 5.91 Å². The summed E-state index contributed by atoms with van der Waals surface area (Å²) in [6.07, 6.45) is 0. The zero-order valence-electron chi connectivity index (χ0n) is 10.2. The van der Waals surface area contributed by atoms with Crippen LogP contribution in [0.15, 0.2) is 48.5 Å². The summed E-state index contributed by atoms with van der Waals surface area (Å²) in [7, 11) is 0. The lowest BCUT2D eigenvalue weighted by Crippen LogP contribution is -2.14. The van der Waals surface area contributed by atoms with Gasteiger partial charge in [0.15, 0.2) is 0 Å². The second-order valence-electron chi connectivity index (χ2n) is 4.12. The van der Waals surface area contributed by atoms with Crippen LogP contribution in [0, 0.1) is 6.92 Å². The summed E-state index contributed by atoms with van der Waals surface area (Å²) in [4.78, 5) is 11.2. The normalized spacial score (nSPS) is 10.1. The number of amides is 1. The van der Waals surface area contributed by atoms with Crippen LogP contribution < -0.4 is 10.5 Å². The number of carbonyl (C=O) groups is 1. The molecule has 0 aliphatic carbocycles. The van der Waals surface area contributed by atoms with Gasteiger partial charge in [0.05, 0.1) is 0 Å². The van der Waals surface area contributed by atoms with Crippen molar-refractivity contribution in [3.05, 3.63) is 65.2 Å². The molecule has 2 aromatic rings. The molecule has 2 aromatic carbocycles. The van der Waals surface area contributed by atoms with E-state index in [0.29, 0.717) is 12.2 Å². The van der Waals surface area contributed by atoms with Crippen LogP contribution in [0.3, 0.4) is 0 Å². The second kappa shape index (κ2) is 5.36. The Morgan fingerprint density at radius 1 is 1.11 bits per heavy atom. The van der Waals surface area contributed by atoms with Crippen LogP contribution >= 0.6 is 0 Å². The van der Waals surface area contributed by atoms with Gasteiger partial charge in [-0.1, -0.05) is 35.9 Å². The Morgan fingerprint density at radius 3 is 2.44 bits per heavy atom. The van der Waals surface area contributed by atoms with Crippen molar-refractivity contribution < 1.29 is 9.53 Å². The first-order valence-electron chi connectivity index (χ1n) is 5.74. The van der Waals surface area contributed by atoms with E-state index in [1.165, 1.54) is 5.56 Å². The summed E-state index contributed by atoms with van der Waals surface area (Å²) in [6.45, 7) is 2.36. The first kappa shape index (κ1) is 12.2. The molecule has 0 radical (unpaired) electrons. The summed E-state index contributed by atoms with van der Waals surface area (Å²) >= 11 is 0. The highest BCUT2D eigenvalue weighted by Crippen LogP contribution is 2.15. The second-order valence-corrected chi connectivity index (χ2v) is 4.12. The van der Waals surface area contributed by atoms with Crippen molar-refractivity contribution in [1.82, 2.24) is 0 Å². The predicted octanol–water partition coefficient (Wildman–Crippen LogP) is 2.67. The third kappa shape index (κ3) is 2.88. The lowest BCUT2D eigenvalue weighted by atomic mass is 10.1. The topological polar surface area (TPSA) is 52.3 Å². The molecule has 3 heteroatoms. The van der Waals surface area contributed by atoms with Gasteiger partial charge in [-0.05, 0) is 25.1 Å². The van der Waals surface area contributed by atoms with Crippen molar-refractivity contribution in [2.24, 2.45) is 5.73 Å². The minimum absolute atomic E-state index is 0.335. The molecule has 0 unspecified atom stereocenters. The molecule has 92 valence electrons. The molecule has 0 heterocycles. The van der Waals surface area contributed by atoms with Gasteiger partial charge >= 0.3 is 0 Å². The molecule has 3 nitrogen and oxygen atoms in total. The van der Waals surface area contributed by atoms with Crippen molar-refractivity contribution in [1.29, 1.82) is 0 Å². The number of benzene rings is 2. The van der Waals surface area contributed by atoms with E-state index in [0.717, 1.165) is 11.3 Å². The largest absolute Gasteiger partial charge is 0.489 e. The third-order valence-electron chi connectivity index (χ3n) is 2.70. The van der Waals surface area contributed by atoms with E-state index in [4.69, 9.17) is 10.5 Å². The van der Waals surface area contributed by atoms with Crippen LogP contribution in [0.4, 0.5) is 0 Å². The van der Waals surface area contributed by atoms with Gasteiger partial charge in [-0.2, -0.15) is 0 Å². The smallest absolute Gasteiger partial charge is 0.249 e. The average Bonchev–Trinajstić information content (AvgIpc) is 2.38. The fourth-order valence-corrected chi connectivity index (χ4v) is 1.68. The maximum absolute atomic E-state index is 11.2. The zero-order chi connectivity index (χ0) is 13.0. The van der Waals surface area contributed by atoms with Crippen LogP contribution in [0.5, 0.6) is 5.75 Å². The number of ether oxygens (including phenoxy) is 1. The summed E-state index contributed by atoms with van der Waals surface area (Å²) in [6, 6.07) is 15.0. The van der Waals surface area contributed by atoms with Crippen LogP contribution in [0.1, 0.15) is 21.5 Å². The highest BCUT2D eigenvalue weighted by atomic mass is 16.5. The van der Waals surface area contributed by atoms with Gasteiger partial charge in [0.25, 0.3) is 0 Å². The summed E-state index contributed by atoms with van der Waals surface area (Å²) in [5, 5.41) is 0. The molecule has 0 atom stereocenters.